The number of benzene rings is 1. The summed E-state index contributed by atoms with van der Waals surface area (Å²) in [6.07, 6.45) is 5.24. The number of nitrogens with one attached hydrogen (secondary N) is 1. The third kappa shape index (κ3) is 2.66. The summed E-state index contributed by atoms with van der Waals surface area (Å²) in [5, 5.41) is 3.08. The highest BCUT2D eigenvalue weighted by Gasteiger charge is 2.46. The monoisotopic (exact) mass is 321 g/mol. The van der Waals surface area contributed by atoms with E-state index in [1.54, 1.807) is 6.20 Å². The van der Waals surface area contributed by atoms with Gasteiger partial charge in [-0.05, 0) is 61.9 Å². The third-order valence-electron chi connectivity index (χ3n) is 5.34. The Balaban J connectivity index is 1.52. The predicted octanol–water partition coefficient (Wildman–Crippen LogP) is 4.46. The van der Waals surface area contributed by atoms with Gasteiger partial charge in [-0.3, -0.25) is 4.98 Å². The Labute approximate surface area is 142 Å². The van der Waals surface area contributed by atoms with Crippen LogP contribution in [-0.4, -0.2) is 28.0 Å². The van der Waals surface area contributed by atoms with Crippen LogP contribution in [0.4, 0.5) is 10.5 Å². The Morgan fingerprint density at radius 3 is 2.67 bits per heavy atom. The maximum absolute atomic E-state index is 12.6. The number of aromatic nitrogens is 1. The van der Waals surface area contributed by atoms with Crippen LogP contribution in [0.25, 0.3) is 11.3 Å². The van der Waals surface area contributed by atoms with E-state index in [-0.39, 0.29) is 6.03 Å². The first-order chi connectivity index (χ1) is 11.6. The summed E-state index contributed by atoms with van der Waals surface area (Å²) in [6.45, 7) is 4.35. The molecule has 0 radical (unpaired) electrons. The largest absolute Gasteiger partial charge is 0.322 e. The van der Waals surface area contributed by atoms with Crippen molar-refractivity contribution in [1.82, 2.24) is 9.88 Å². The lowest BCUT2D eigenvalue weighted by molar-refractivity contribution is -0.00600. The van der Waals surface area contributed by atoms with Crippen LogP contribution in [0.5, 0.6) is 0 Å². The van der Waals surface area contributed by atoms with Crippen molar-refractivity contribution in [2.24, 2.45) is 5.92 Å². The molecule has 2 fully saturated rings. The second-order valence-electron chi connectivity index (χ2n) is 7.20. The maximum Gasteiger partial charge on any atom is 0.322 e. The Hall–Kier alpha value is -2.36. The van der Waals surface area contributed by atoms with Crippen LogP contribution in [0, 0.1) is 12.8 Å². The van der Waals surface area contributed by atoms with E-state index in [9.17, 15) is 4.79 Å². The van der Waals surface area contributed by atoms with Crippen LogP contribution in [-0.2, 0) is 0 Å². The van der Waals surface area contributed by atoms with Crippen molar-refractivity contribution in [2.75, 3.05) is 5.32 Å². The molecule has 2 bridgehead atoms. The molecular weight excluding hydrogens is 298 g/mol. The molecule has 4 rings (SSSR count). The van der Waals surface area contributed by atoms with Gasteiger partial charge in [0.15, 0.2) is 0 Å². The molecule has 2 saturated heterocycles. The first-order valence-corrected chi connectivity index (χ1v) is 8.73. The van der Waals surface area contributed by atoms with Crippen molar-refractivity contribution in [3.63, 3.8) is 0 Å². The van der Waals surface area contributed by atoms with Gasteiger partial charge in [-0.15, -0.1) is 0 Å². The van der Waals surface area contributed by atoms with Crippen LogP contribution < -0.4 is 5.32 Å². The molecule has 4 nitrogen and oxygen atoms in total. The zero-order valence-corrected chi connectivity index (χ0v) is 14.2. The molecule has 3 heterocycles. The van der Waals surface area contributed by atoms with E-state index in [0.29, 0.717) is 12.1 Å². The van der Waals surface area contributed by atoms with E-state index < -0.39 is 0 Å². The summed E-state index contributed by atoms with van der Waals surface area (Å²) in [5.41, 5.74) is 3.98. The van der Waals surface area contributed by atoms with Crippen molar-refractivity contribution in [1.29, 1.82) is 0 Å². The van der Waals surface area contributed by atoms with E-state index >= 15 is 0 Å². The molecule has 1 unspecified atom stereocenters. The minimum absolute atomic E-state index is 0.0407. The zero-order chi connectivity index (χ0) is 16.7. The molecule has 3 atom stereocenters. The number of hydrogen-bond donors (Lipinski definition) is 1. The number of aryl methyl sites for hydroxylation is 1. The van der Waals surface area contributed by atoms with Crippen molar-refractivity contribution in [3.8, 4) is 11.3 Å². The fourth-order valence-corrected chi connectivity index (χ4v) is 4.16. The molecule has 0 aliphatic carbocycles. The Bertz CT molecular complexity index is 747. The topological polar surface area (TPSA) is 45.2 Å². The maximum atomic E-state index is 12.6. The van der Waals surface area contributed by atoms with Gasteiger partial charge in [-0.2, -0.15) is 0 Å². The van der Waals surface area contributed by atoms with E-state index in [0.717, 1.165) is 41.3 Å². The highest BCUT2D eigenvalue weighted by molar-refractivity contribution is 5.91. The van der Waals surface area contributed by atoms with E-state index in [1.807, 2.05) is 41.3 Å². The minimum atomic E-state index is 0.0407. The van der Waals surface area contributed by atoms with Gasteiger partial charge in [-0.1, -0.05) is 19.1 Å². The number of carbonyl (C=O) groups is 1. The van der Waals surface area contributed by atoms with E-state index in [2.05, 4.69) is 24.1 Å². The molecule has 1 aromatic heterocycles. The standard InChI is InChI=1S/C20H23N3O/c1-13-9-16-12-17(10-13)23(16)20(24)22-15-7-6-14(2)18(11-15)19-5-3-4-8-21-19/h3-8,11,13,16-17H,9-10,12H2,1-2H3,(H,22,24)/t13?,16-,17+. The molecule has 2 aromatic rings. The van der Waals surface area contributed by atoms with E-state index in [1.165, 1.54) is 6.42 Å². The van der Waals surface area contributed by atoms with Crippen LogP contribution >= 0.6 is 0 Å². The summed E-state index contributed by atoms with van der Waals surface area (Å²) >= 11 is 0. The molecule has 4 heteroatoms. The van der Waals surface area contributed by atoms with Crippen molar-refractivity contribution < 1.29 is 4.79 Å². The van der Waals surface area contributed by atoms with Crippen molar-refractivity contribution in [3.05, 3.63) is 48.2 Å². The average Bonchev–Trinajstić information content (AvgIpc) is 2.57. The smallest absolute Gasteiger partial charge is 0.318 e. The van der Waals surface area contributed by atoms with Crippen molar-refractivity contribution in [2.45, 2.75) is 45.2 Å². The SMILES string of the molecule is Cc1ccc(NC(=O)N2[C@@H]3CC(C)C[C@H]2C3)cc1-c1ccccn1. The highest BCUT2D eigenvalue weighted by atomic mass is 16.2. The lowest BCUT2D eigenvalue weighted by Crippen LogP contribution is -2.63. The summed E-state index contributed by atoms with van der Waals surface area (Å²) in [5.74, 6) is 0.743. The number of piperidine rings is 1. The first-order valence-electron chi connectivity index (χ1n) is 8.73. The number of hydrogen-bond acceptors (Lipinski definition) is 2. The van der Waals surface area contributed by atoms with Gasteiger partial charge < -0.3 is 10.2 Å². The van der Waals surface area contributed by atoms with Gasteiger partial charge in [0, 0.05) is 29.5 Å². The Morgan fingerprint density at radius 2 is 1.96 bits per heavy atom. The fourth-order valence-electron chi connectivity index (χ4n) is 4.16. The van der Waals surface area contributed by atoms with E-state index in [4.69, 9.17) is 0 Å². The Kier molecular flexibility index (Phi) is 3.75. The summed E-state index contributed by atoms with van der Waals surface area (Å²) in [6, 6.07) is 12.8. The number of carbonyl (C=O) groups excluding carboxylic acids is 1. The lowest BCUT2D eigenvalue weighted by atomic mass is 9.74. The number of fused-ring (bicyclic) bond motifs is 2. The molecule has 2 amide bonds. The lowest BCUT2D eigenvalue weighted by Gasteiger charge is -2.54. The summed E-state index contributed by atoms with van der Waals surface area (Å²) < 4.78 is 0. The molecule has 2 aliphatic heterocycles. The Morgan fingerprint density at radius 1 is 1.17 bits per heavy atom. The van der Waals surface area contributed by atoms with Gasteiger partial charge >= 0.3 is 6.03 Å². The molecule has 1 N–H and O–H groups in total. The van der Waals surface area contributed by atoms with Gasteiger partial charge in [0.05, 0.1) is 5.69 Å². The van der Waals surface area contributed by atoms with Gasteiger partial charge in [0.1, 0.15) is 0 Å². The van der Waals surface area contributed by atoms with Crippen LogP contribution in [0.3, 0.4) is 0 Å². The number of anilines is 1. The number of nitrogens with zero attached hydrogens (tertiary/aromatic N) is 2. The first kappa shape index (κ1) is 15.2. The summed E-state index contributed by atoms with van der Waals surface area (Å²) in [7, 11) is 0. The molecule has 2 aliphatic rings. The van der Waals surface area contributed by atoms with Crippen LogP contribution in [0.1, 0.15) is 31.7 Å². The predicted molar refractivity (Wildman–Crippen MR) is 95.9 cm³/mol. The molecule has 0 saturated carbocycles. The molecule has 0 spiro atoms. The van der Waals surface area contributed by atoms with Crippen molar-refractivity contribution >= 4 is 11.7 Å². The van der Waals surface area contributed by atoms with Crippen LogP contribution in [0.2, 0.25) is 0 Å². The molecule has 1 aromatic carbocycles. The fraction of sp³-hybridized carbons (Fsp3) is 0.400. The van der Waals surface area contributed by atoms with Crippen LogP contribution in [0.15, 0.2) is 42.6 Å². The molecular formula is C20H23N3O. The van der Waals surface area contributed by atoms with Gasteiger partial charge in [0.25, 0.3) is 0 Å². The number of amides is 2. The molecule has 24 heavy (non-hydrogen) atoms. The average molecular weight is 321 g/mol. The number of pyridine rings is 1. The number of urea groups is 1. The minimum Gasteiger partial charge on any atom is -0.318 e. The summed E-state index contributed by atoms with van der Waals surface area (Å²) in [4.78, 5) is 19.1. The third-order valence-corrected chi connectivity index (χ3v) is 5.34. The molecule has 124 valence electrons. The zero-order valence-electron chi connectivity index (χ0n) is 14.2. The normalized spacial score (nSPS) is 25.1. The highest BCUT2D eigenvalue weighted by Crippen LogP contribution is 2.41. The second kappa shape index (κ2) is 5.93. The van der Waals surface area contributed by atoms with Gasteiger partial charge in [0.2, 0.25) is 0 Å². The van der Waals surface area contributed by atoms with Gasteiger partial charge in [-0.25, -0.2) is 4.79 Å². The quantitative estimate of drug-likeness (QED) is 0.887. The second-order valence-corrected chi connectivity index (χ2v) is 7.20. The number of rotatable bonds is 2.